The standard InChI is InChI=1S/C22H28F2O2/c1-15-3-5-16(6-4-15)8-21-9-17-7-18(10-21)12-22(11-17,13-21)14-26-19(25)20(2,23)24/h3-6,17-18H,7-14H2,1-2H3. The monoisotopic (exact) mass is 362 g/mol. The summed E-state index contributed by atoms with van der Waals surface area (Å²) in [5.74, 6) is -3.46. The Balaban J connectivity index is 1.51. The molecule has 0 aliphatic heterocycles. The number of hydrogen-bond donors (Lipinski definition) is 0. The summed E-state index contributed by atoms with van der Waals surface area (Å²) >= 11 is 0. The number of halogens is 2. The van der Waals surface area contributed by atoms with Gasteiger partial charge in [-0.2, -0.15) is 8.78 Å². The van der Waals surface area contributed by atoms with E-state index in [1.807, 2.05) is 0 Å². The van der Waals surface area contributed by atoms with Gasteiger partial charge in [-0.3, -0.25) is 0 Å². The van der Waals surface area contributed by atoms with Crippen molar-refractivity contribution >= 4 is 5.97 Å². The molecule has 2 atom stereocenters. The van der Waals surface area contributed by atoms with Crippen LogP contribution in [0.25, 0.3) is 0 Å². The summed E-state index contributed by atoms with van der Waals surface area (Å²) in [6.07, 6.45) is 7.84. The predicted molar refractivity (Wildman–Crippen MR) is 96.0 cm³/mol. The molecular weight excluding hydrogens is 334 g/mol. The zero-order valence-corrected chi connectivity index (χ0v) is 15.7. The highest BCUT2D eigenvalue weighted by atomic mass is 19.3. The Bertz CT molecular complexity index is 675. The van der Waals surface area contributed by atoms with E-state index in [4.69, 9.17) is 4.74 Å². The number of esters is 1. The number of alkyl halides is 2. The second kappa shape index (κ2) is 6.03. The van der Waals surface area contributed by atoms with Gasteiger partial charge in [-0.05, 0) is 74.7 Å². The molecule has 26 heavy (non-hydrogen) atoms. The van der Waals surface area contributed by atoms with Crippen molar-refractivity contribution in [2.75, 3.05) is 6.61 Å². The number of aryl methyl sites for hydroxylation is 1. The molecule has 0 radical (unpaired) electrons. The molecule has 4 heteroatoms. The fourth-order valence-corrected chi connectivity index (χ4v) is 6.51. The van der Waals surface area contributed by atoms with Gasteiger partial charge in [0.15, 0.2) is 0 Å². The van der Waals surface area contributed by atoms with Crippen molar-refractivity contribution in [2.24, 2.45) is 22.7 Å². The molecule has 4 aliphatic rings. The third kappa shape index (κ3) is 3.39. The first-order chi connectivity index (χ1) is 12.2. The Hall–Kier alpha value is -1.45. The van der Waals surface area contributed by atoms with E-state index >= 15 is 0 Å². The summed E-state index contributed by atoms with van der Waals surface area (Å²) in [6.45, 7) is 2.88. The molecule has 0 amide bonds. The van der Waals surface area contributed by atoms with Gasteiger partial charge in [0.2, 0.25) is 0 Å². The fourth-order valence-electron chi connectivity index (χ4n) is 6.51. The molecule has 0 heterocycles. The first-order valence-electron chi connectivity index (χ1n) is 9.78. The van der Waals surface area contributed by atoms with Gasteiger partial charge >= 0.3 is 11.9 Å². The normalized spacial score (nSPS) is 35.5. The molecule has 2 nitrogen and oxygen atoms in total. The van der Waals surface area contributed by atoms with E-state index in [2.05, 4.69) is 31.2 Å². The minimum atomic E-state index is -3.40. The van der Waals surface area contributed by atoms with Gasteiger partial charge in [0.1, 0.15) is 0 Å². The van der Waals surface area contributed by atoms with Gasteiger partial charge in [0.25, 0.3) is 0 Å². The van der Waals surface area contributed by atoms with Gasteiger partial charge in [0, 0.05) is 12.3 Å². The summed E-state index contributed by atoms with van der Waals surface area (Å²) in [7, 11) is 0. The smallest absolute Gasteiger partial charge is 0.376 e. The van der Waals surface area contributed by atoms with Crippen molar-refractivity contribution in [1.82, 2.24) is 0 Å². The number of hydrogen-bond acceptors (Lipinski definition) is 2. The Morgan fingerprint density at radius 3 is 2.27 bits per heavy atom. The quantitative estimate of drug-likeness (QED) is 0.663. The maximum Gasteiger partial charge on any atom is 0.376 e. The van der Waals surface area contributed by atoms with E-state index in [0.29, 0.717) is 18.8 Å². The van der Waals surface area contributed by atoms with Gasteiger partial charge in [-0.1, -0.05) is 29.8 Å². The summed E-state index contributed by atoms with van der Waals surface area (Å²) in [5.41, 5.74) is 2.80. The highest BCUT2D eigenvalue weighted by Gasteiger charge is 2.58. The molecular formula is C22H28F2O2. The van der Waals surface area contributed by atoms with Gasteiger partial charge in [-0.15, -0.1) is 0 Å². The lowest BCUT2D eigenvalue weighted by atomic mass is 9.43. The van der Waals surface area contributed by atoms with Crippen LogP contribution in [0.15, 0.2) is 24.3 Å². The van der Waals surface area contributed by atoms with Crippen molar-refractivity contribution in [2.45, 2.75) is 64.7 Å². The van der Waals surface area contributed by atoms with Crippen LogP contribution in [0.2, 0.25) is 0 Å². The zero-order valence-electron chi connectivity index (χ0n) is 15.7. The molecule has 4 saturated carbocycles. The second-order valence-electron chi connectivity index (χ2n) is 9.59. The van der Waals surface area contributed by atoms with E-state index in [0.717, 1.165) is 25.7 Å². The van der Waals surface area contributed by atoms with Crippen LogP contribution < -0.4 is 0 Å². The topological polar surface area (TPSA) is 26.3 Å². The molecule has 4 fully saturated rings. The van der Waals surface area contributed by atoms with Crippen molar-refractivity contribution in [1.29, 1.82) is 0 Å². The summed E-state index contributed by atoms with van der Waals surface area (Å²) in [5, 5.41) is 0. The van der Waals surface area contributed by atoms with Crippen LogP contribution in [0.3, 0.4) is 0 Å². The number of rotatable bonds is 5. The average Bonchev–Trinajstić information content (AvgIpc) is 2.52. The zero-order chi connectivity index (χ0) is 18.6. The highest BCUT2D eigenvalue weighted by molar-refractivity contribution is 5.76. The second-order valence-corrected chi connectivity index (χ2v) is 9.59. The van der Waals surface area contributed by atoms with Crippen LogP contribution in [0.4, 0.5) is 8.78 Å². The first-order valence-corrected chi connectivity index (χ1v) is 9.78. The lowest BCUT2D eigenvalue weighted by Crippen LogP contribution is -2.54. The molecule has 142 valence electrons. The summed E-state index contributed by atoms with van der Waals surface area (Å²) in [6, 6.07) is 8.77. The molecule has 0 aromatic heterocycles. The fraction of sp³-hybridized carbons (Fsp3) is 0.682. The Kier molecular flexibility index (Phi) is 4.16. The minimum Gasteiger partial charge on any atom is -0.461 e. The molecule has 2 unspecified atom stereocenters. The molecule has 1 aromatic rings. The predicted octanol–water partition coefficient (Wildman–Crippen LogP) is 5.32. The first kappa shape index (κ1) is 17.9. The summed E-state index contributed by atoms with van der Waals surface area (Å²) < 4.78 is 31.5. The van der Waals surface area contributed by atoms with E-state index in [1.165, 1.54) is 30.4 Å². The maximum atomic E-state index is 13.2. The molecule has 0 N–H and O–H groups in total. The van der Waals surface area contributed by atoms with Crippen molar-refractivity contribution in [3.63, 3.8) is 0 Å². The molecule has 4 bridgehead atoms. The third-order valence-corrected chi connectivity index (χ3v) is 6.87. The Morgan fingerprint density at radius 1 is 1.12 bits per heavy atom. The Morgan fingerprint density at radius 2 is 1.69 bits per heavy atom. The van der Waals surface area contributed by atoms with Gasteiger partial charge < -0.3 is 4.74 Å². The van der Waals surface area contributed by atoms with Gasteiger partial charge in [0.05, 0.1) is 6.61 Å². The molecule has 1 aromatic carbocycles. The molecule has 5 rings (SSSR count). The SMILES string of the molecule is Cc1ccc(CC23CC4CC(CC(COC(=O)C(C)(F)F)(C4)C2)C3)cc1. The Labute approximate surface area is 154 Å². The molecule has 4 aliphatic carbocycles. The van der Waals surface area contributed by atoms with E-state index in [1.54, 1.807) is 0 Å². The lowest BCUT2D eigenvalue weighted by Gasteiger charge is -2.62. The number of ether oxygens (including phenoxy) is 1. The van der Waals surface area contributed by atoms with Crippen LogP contribution in [-0.4, -0.2) is 18.5 Å². The number of carbonyl (C=O) groups is 1. The van der Waals surface area contributed by atoms with Crippen LogP contribution in [-0.2, 0) is 16.0 Å². The van der Waals surface area contributed by atoms with Crippen LogP contribution in [0, 0.1) is 29.6 Å². The molecule has 0 spiro atoms. The lowest BCUT2D eigenvalue weighted by molar-refractivity contribution is -0.184. The van der Waals surface area contributed by atoms with E-state index in [-0.39, 0.29) is 17.4 Å². The maximum absolute atomic E-state index is 13.2. The van der Waals surface area contributed by atoms with Crippen molar-refractivity contribution in [3.8, 4) is 0 Å². The van der Waals surface area contributed by atoms with Crippen LogP contribution in [0.1, 0.15) is 56.6 Å². The van der Waals surface area contributed by atoms with Crippen LogP contribution >= 0.6 is 0 Å². The van der Waals surface area contributed by atoms with Crippen LogP contribution in [0.5, 0.6) is 0 Å². The van der Waals surface area contributed by atoms with Gasteiger partial charge in [-0.25, -0.2) is 4.79 Å². The minimum absolute atomic E-state index is 0.0876. The van der Waals surface area contributed by atoms with E-state index < -0.39 is 11.9 Å². The molecule has 0 saturated heterocycles. The van der Waals surface area contributed by atoms with E-state index in [9.17, 15) is 13.6 Å². The van der Waals surface area contributed by atoms with Crippen molar-refractivity contribution < 1.29 is 18.3 Å². The highest BCUT2D eigenvalue weighted by Crippen LogP contribution is 2.66. The summed E-state index contributed by atoms with van der Waals surface area (Å²) in [4.78, 5) is 11.6. The average molecular weight is 362 g/mol. The number of carbonyl (C=O) groups excluding carboxylic acids is 1. The third-order valence-electron chi connectivity index (χ3n) is 6.87. The largest absolute Gasteiger partial charge is 0.461 e. The van der Waals surface area contributed by atoms with Crippen molar-refractivity contribution in [3.05, 3.63) is 35.4 Å². The number of benzene rings is 1.